The fourth-order valence-corrected chi connectivity index (χ4v) is 4.76. The lowest BCUT2D eigenvalue weighted by Gasteiger charge is -2.56. The van der Waals surface area contributed by atoms with Crippen LogP contribution < -0.4 is 0 Å². The average Bonchev–Trinajstić information content (AvgIpc) is 2.73. The van der Waals surface area contributed by atoms with Crippen molar-refractivity contribution >= 4 is 5.97 Å². The first-order chi connectivity index (χ1) is 9.23. The Morgan fingerprint density at radius 3 is 3.21 bits per heavy atom. The maximum Gasteiger partial charge on any atom is 0.331 e. The number of hydrogen-bond donors (Lipinski definition) is 0. The molecular formula is C15H21NO3. The van der Waals surface area contributed by atoms with E-state index in [1.807, 2.05) is 0 Å². The molecule has 3 aliphatic heterocycles. The third kappa shape index (κ3) is 1.56. The second-order valence-electron chi connectivity index (χ2n) is 6.43. The van der Waals surface area contributed by atoms with Crippen molar-refractivity contribution in [3.8, 4) is 0 Å². The molecule has 2 bridgehead atoms. The first kappa shape index (κ1) is 11.9. The van der Waals surface area contributed by atoms with E-state index < -0.39 is 0 Å². The molecule has 2 saturated heterocycles. The van der Waals surface area contributed by atoms with E-state index in [1.165, 1.54) is 18.4 Å². The van der Waals surface area contributed by atoms with Crippen LogP contribution in [0.15, 0.2) is 11.6 Å². The molecular weight excluding hydrogens is 242 g/mol. The van der Waals surface area contributed by atoms with Crippen LogP contribution in [0.2, 0.25) is 0 Å². The lowest BCUT2D eigenvalue weighted by atomic mass is 9.64. The number of fused-ring (bicyclic) bond motifs is 2. The van der Waals surface area contributed by atoms with Gasteiger partial charge in [-0.2, -0.15) is 0 Å². The first-order valence-corrected chi connectivity index (χ1v) is 7.44. The molecule has 4 heteroatoms. The predicted molar refractivity (Wildman–Crippen MR) is 69.6 cm³/mol. The Balaban J connectivity index is 1.75. The normalized spacial score (nSPS) is 45.2. The molecule has 0 radical (unpaired) electrons. The molecule has 0 aromatic carbocycles. The van der Waals surface area contributed by atoms with Crippen molar-refractivity contribution in [1.29, 1.82) is 0 Å². The number of methoxy groups -OCH3 is 1. The minimum absolute atomic E-state index is 0.141. The van der Waals surface area contributed by atoms with Crippen LogP contribution in [0.5, 0.6) is 0 Å². The zero-order valence-electron chi connectivity index (χ0n) is 11.4. The number of rotatable bonds is 1. The van der Waals surface area contributed by atoms with Crippen molar-refractivity contribution in [3.05, 3.63) is 11.6 Å². The molecule has 3 heterocycles. The molecule has 3 fully saturated rings. The predicted octanol–water partition coefficient (Wildman–Crippen LogP) is 1.50. The molecule has 0 aromatic rings. The van der Waals surface area contributed by atoms with Crippen LogP contribution in [0.4, 0.5) is 0 Å². The first-order valence-electron chi connectivity index (χ1n) is 7.44. The smallest absolute Gasteiger partial charge is 0.331 e. The standard InChI is InChI=1S/C15H21NO3/c1-18-12-6-11-7-14(17)19-15(11)8-10(12)9-16-5-3-2-4-13(15)16/h7,10,12-13H,2-6,8-9H2,1H3/t10?,12-,13?,15?/m1/s1. The van der Waals surface area contributed by atoms with Crippen LogP contribution in [0, 0.1) is 5.92 Å². The Hall–Kier alpha value is -0.870. The summed E-state index contributed by atoms with van der Waals surface area (Å²) in [5.41, 5.74) is 0.882. The van der Waals surface area contributed by atoms with Gasteiger partial charge in [-0.25, -0.2) is 4.79 Å². The zero-order chi connectivity index (χ0) is 13.0. The number of carbonyl (C=O) groups is 1. The van der Waals surface area contributed by atoms with Crippen molar-refractivity contribution in [2.75, 3.05) is 20.2 Å². The highest BCUT2D eigenvalue weighted by molar-refractivity contribution is 5.87. The summed E-state index contributed by atoms with van der Waals surface area (Å²) >= 11 is 0. The van der Waals surface area contributed by atoms with E-state index in [9.17, 15) is 4.79 Å². The minimum atomic E-state index is -0.310. The molecule has 4 atom stereocenters. The van der Waals surface area contributed by atoms with Crippen molar-refractivity contribution in [3.63, 3.8) is 0 Å². The number of carbonyl (C=O) groups excluding carboxylic acids is 1. The zero-order valence-corrected chi connectivity index (χ0v) is 11.4. The molecule has 0 amide bonds. The summed E-state index contributed by atoms with van der Waals surface area (Å²) in [6.07, 6.45) is 7.50. The molecule has 4 rings (SSSR count). The Bertz CT molecular complexity index is 447. The van der Waals surface area contributed by atoms with Gasteiger partial charge in [0.2, 0.25) is 0 Å². The molecule has 1 spiro atoms. The van der Waals surface area contributed by atoms with E-state index in [0.29, 0.717) is 12.0 Å². The second kappa shape index (κ2) is 4.06. The number of piperidine rings is 2. The molecule has 0 N–H and O–H groups in total. The third-order valence-electron chi connectivity index (χ3n) is 5.55. The Labute approximate surface area is 113 Å². The maximum atomic E-state index is 11.8. The highest BCUT2D eigenvalue weighted by Crippen LogP contribution is 2.52. The lowest BCUT2D eigenvalue weighted by molar-refractivity contribution is -0.174. The fraction of sp³-hybridized carbons (Fsp3) is 0.800. The van der Waals surface area contributed by atoms with Gasteiger partial charge in [-0.1, -0.05) is 6.42 Å². The van der Waals surface area contributed by atoms with Gasteiger partial charge in [0.25, 0.3) is 0 Å². The van der Waals surface area contributed by atoms with Crippen LogP contribution in [0.25, 0.3) is 0 Å². The van der Waals surface area contributed by atoms with Crippen LogP contribution in [-0.4, -0.2) is 48.8 Å². The van der Waals surface area contributed by atoms with Gasteiger partial charge in [0.05, 0.1) is 12.1 Å². The number of nitrogens with zero attached hydrogens (tertiary/aromatic N) is 1. The Kier molecular flexibility index (Phi) is 2.55. The molecule has 0 aromatic heterocycles. The van der Waals surface area contributed by atoms with Gasteiger partial charge in [0, 0.05) is 25.6 Å². The number of ether oxygens (including phenoxy) is 2. The molecule has 4 nitrogen and oxygen atoms in total. The van der Waals surface area contributed by atoms with Gasteiger partial charge in [-0.05, 0) is 37.8 Å². The van der Waals surface area contributed by atoms with Crippen molar-refractivity contribution in [2.45, 2.75) is 49.9 Å². The maximum absolute atomic E-state index is 11.8. The van der Waals surface area contributed by atoms with E-state index in [2.05, 4.69) is 4.90 Å². The summed E-state index contributed by atoms with van der Waals surface area (Å²) < 4.78 is 11.5. The van der Waals surface area contributed by atoms with Crippen LogP contribution in [-0.2, 0) is 14.3 Å². The average molecular weight is 263 g/mol. The van der Waals surface area contributed by atoms with Gasteiger partial charge in [0.15, 0.2) is 0 Å². The minimum Gasteiger partial charge on any atom is -0.450 e. The monoisotopic (exact) mass is 263 g/mol. The van der Waals surface area contributed by atoms with Crippen molar-refractivity contribution in [1.82, 2.24) is 4.90 Å². The van der Waals surface area contributed by atoms with E-state index >= 15 is 0 Å². The largest absolute Gasteiger partial charge is 0.450 e. The SMILES string of the molecule is CO[C@@H]1CC2=CC(=O)OC23CC1CN1CCCCC13. The summed E-state index contributed by atoms with van der Waals surface area (Å²) in [7, 11) is 1.79. The summed E-state index contributed by atoms with van der Waals surface area (Å²) in [6, 6.07) is 0.410. The molecule has 104 valence electrons. The van der Waals surface area contributed by atoms with Crippen LogP contribution in [0.1, 0.15) is 32.1 Å². The topological polar surface area (TPSA) is 38.8 Å². The molecule has 1 aliphatic carbocycles. The highest BCUT2D eigenvalue weighted by Gasteiger charge is 2.59. The summed E-state index contributed by atoms with van der Waals surface area (Å²) in [5.74, 6) is 0.361. The quantitative estimate of drug-likeness (QED) is 0.672. The van der Waals surface area contributed by atoms with Crippen LogP contribution in [0.3, 0.4) is 0 Å². The summed E-state index contributed by atoms with van der Waals surface area (Å²) in [5, 5.41) is 0. The van der Waals surface area contributed by atoms with Gasteiger partial charge in [0.1, 0.15) is 5.60 Å². The van der Waals surface area contributed by atoms with Crippen molar-refractivity contribution in [2.24, 2.45) is 5.92 Å². The lowest BCUT2D eigenvalue weighted by Crippen LogP contribution is -2.65. The van der Waals surface area contributed by atoms with Gasteiger partial charge >= 0.3 is 5.97 Å². The Morgan fingerprint density at radius 1 is 1.47 bits per heavy atom. The third-order valence-corrected chi connectivity index (χ3v) is 5.55. The van der Waals surface area contributed by atoms with Gasteiger partial charge in [-0.15, -0.1) is 0 Å². The van der Waals surface area contributed by atoms with E-state index in [0.717, 1.165) is 32.4 Å². The Morgan fingerprint density at radius 2 is 2.37 bits per heavy atom. The van der Waals surface area contributed by atoms with E-state index in [-0.39, 0.29) is 17.7 Å². The fourth-order valence-electron chi connectivity index (χ4n) is 4.76. The number of hydrogen-bond acceptors (Lipinski definition) is 4. The molecule has 4 aliphatic rings. The number of esters is 1. The second-order valence-corrected chi connectivity index (χ2v) is 6.43. The van der Waals surface area contributed by atoms with E-state index in [1.54, 1.807) is 13.2 Å². The van der Waals surface area contributed by atoms with Gasteiger partial charge in [-0.3, -0.25) is 4.90 Å². The van der Waals surface area contributed by atoms with Gasteiger partial charge < -0.3 is 9.47 Å². The van der Waals surface area contributed by atoms with E-state index in [4.69, 9.17) is 9.47 Å². The summed E-state index contributed by atoms with van der Waals surface area (Å²) in [4.78, 5) is 14.4. The van der Waals surface area contributed by atoms with Crippen LogP contribution >= 0.6 is 0 Å². The summed E-state index contributed by atoms with van der Waals surface area (Å²) in [6.45, 7) is 2.25. The van der Waals surface area contributed by atoms with Crippen molar-refractivity contribution < 1.29 is 14.3 Å². The highest BCUT2D eigenvalue weighted by atomic mass is 16.6. The molecule has 3 unspecified atom stereocenters. The molecule has 1 saturated carbocycles. The molecule has 19 heavy (non-hydrogen) atoms.